The summed E-state index contributed by atoms with van der Waals surface area (Å²) in [6.45, 7) is 1.92. The molecule has 1 N–H and O–H groups in total. The lowest BCUT2D eigenvalue weighted by Gasteiger charge is -2.11. The Labute approximate surface area is 117 Å². The average molecular weight is 314 g/mol. The van der Waals surface area contributed by atoms with Crippen molar-refractivity contribution in [1.82, 2.24) is 0 Å². The highest BCUT2D eigenvalue weighted by atomic mass is 79.9. The third-order valence-corrected chi connectivity index (χ3v) is 3.62. The molecular weight excluding hydrogens is 294 g/mol. The molecule has 1 heterocycles. The Hall–Kier alpha value is -0.740. The van der Waals surface area contributed by atoms with Crippen LogP contribution in [0.15, 0.2) is 22.7 Å². The number of hydrogen-bond acceptors (Lipinski definition) is 3. The number of nitrogens with one attached hydrogen (secondary N) is 1. The fourth-order valence-electron chi connectivity index (χ4n) is 2.22. The van der Waals surface area contributed by atoms with Crippen molar-refractivity contribution in [3.05, 3.63) is 22.7 Å². The van der Waals surface area contributed by atoms with Crippen molar-refractivity contribution >= 4 is 21.6 Å². The van der Waals surface area contributed by atoms with Gasteiger partial charge in [-0.2, -0.15) is 0 Å². The van der Waals surface area contributed by atoms with E-state index < -0.39 is 0 Å². The monoisotopic (exact) mass is 313 g/mol. The summed E-state index contributed by atoms with van der Waals surface area (Å²) in [6.07, 6.45) is 5.23. The summed E-state index contributed by atoms with van der Waals surface area (Å²) in [5.41, 5.74) is 1.09. The number of hydrogen-bond donors (Lipinski definition) is 1. The summed E-state index contributed by atoms with van der Waals surface area (Å²) in [4.78, 5) is 0. The molecular formula is C14H20BrNO2. The van der Waals surface area contributed by atoms with E-state index in [2.05, 4.69) is 27.3 Å². The molecule has 0 radical (unpaired) electrons. The lowest BCUT2D eigenvalue weighted by Crippen LogP contribution is -2.09. The molecule has 1 unspecified atom stereocenters. The Morgan fingerprint density at radius 1 is 1.44 bits per heavy atom. The van der Waals surface area contributed by atoms with Crippen LogP contribution in [0.25, 0.3) is 0 Å². The molecule has 4 heteroatoms. The van der Waals surface area contributed by atoms with Gasteiger partial charge in [-0.25, -0.2) is 0 Å². The van der Waals surface area contributed by atoms with E-state index in [4.69, 9.17) is 9.47 Å². The van der Waals surface area contributed by atoms with Crippen molar-refractivity contribution in [2.75, 3.05) is 25.6 Å². The number of ether oxygens (including phenoxy) is 2. The lowest BCUT2D eigenvalue weighted by atomic mass is 10.1. The third kappa shape index (κ3) is 4.18. The first kappa shape index (κ1) is 13.7. The first-order chi connectivity index (χ1) is 8.78. The summed E-state index contributed by atoms with van der Waals surface area (Å²) in [5.74, 6) is 0.867. The van der Waals surface area contributed by atoms with E-state index >= 15 is 0 Å². The molecule has 1 atom stereocenters. The normalized spacial score (nSPS) is 18.9. The van der Waals surface area contributed by atoms with E-state index in [9.17, 15) is 0 Å². The van der Waals surface area contributed by atoms with Crippen molar-refractivity contribution < 1.29 is 9.47 Å². The van der Waals surface area contributed by atoms with Crippen molar-refractivity contribution in [2.24, 2.45) is 0 Å². The molecule has 1 aromatic rings. The maximum absolute atomic E-state index is 5.61. The quantitative estimate of drug-likeness (QED) is 0.810. The lowest BCUT2D eigenvalue weighted by molar-refractivity contribution is 0.103. The topological polar surface area (TPSA) is 30.5 Å². The van der Waals surface area contributed by atoms with Crippen LogP contribution in [0.2, 0.25) is 0 Å². The van der Waals surface area contributed by atoms with Crippen LogP contribution in [-0.4, -0.2) is 26.4 Å². The minimum atomic E-state index is 0.490. The summed E-state index contributed by atoms with van der Waals surface area (Å²) >= 11 is 3.48. The van der Waals surface area contributed by atoms with Gasteiger partial charge < -0.3 is 14.8 Å². The number of benzene rings is 1. The summed E-state index contributed by atoms with van der Waals surface area (Å²) in [5, 5.41) is 3.42. The zero-order valence-corrected chi connectivity index (χ0v) is 12.3. The van der Waals surface area contributed by atoms with Crippen LogP contribution in [0.5, 0.6) is 5.75 Å². The molecule has 1 aliphatic rings. The molecule has 0 spiro atoms. The van der Waals surface area contributed by atoms with Gasteiger partial charge in [0.2, 0.25) is 0 Å². The minimum absolute atomic E-state index is 0.490. The first-order valence-electron chi connectivity index (χ1n) is 6.48. The van der Waals surface area contributed by atoms with Gasteiger partial charge in [0.15, 0.2) is 0 Å². The molecule has 0 aromatic heterocycles. The number of methoxy groups -OCH3 is 1. The van der Waals surface area contributed by atoms with Crippen LogP contribution in [-0.2, 0) is 4.74 Å². The van der Waals surface area contributed by atoms with Gasteiger partial charge in [0.05, 0.1) is 13.2 Å². The predicted octanol–water partition coefficient (Wildman–Crippen LogP) is 3.83. The Balaban J connectivity index is 1.73. The van der Waals surface area contributed by atoms with Crippen molar-refractivity contribution in [1.29, 1.82) is 0 Å². The van der Waals surface area contributed by atoms with E-state index in [0.717, 1.165) is 41.9 Å². The smallest absolute Gasteiger partial charge is 0.122 e. The van der Waals surface area contributed by atoms with Crippen molar-refractivity contribution in [2.45, 2.75) is 31.8 Å². The molecule has 2 rings (SSSR count). The van der Waals surface area contributed by atoms with E-state index in [0.29, 0.717) is 6.10 Å². The fourth-order valence-corrected chi connectivity index (χ4v) is 2.69. The van der Waals surface area contributed by atoms with Crippen LogP contribution < -0.4 is 10.1 Å². The molecule has 1 aromatic carbocycles. The minimum Gasteiger partial charge on any atom is -0.497 e. The van der Waals surface area contributed by atoms with Gasteiger partial charge in [0.25, 0.3) is 0 Å². The van der Waals surface area contributed by atoms with E-state index in [1.165, 1.54) is 12.8 Å². The molecule has 1 fully saturated rings. The second kappa shape index (κ2) is 7.00. The predicted molar refractivity (Wildman–Crippen MR) is 77.4 cm³/mol. The molecule has 1 aliphatic heterocycles. The molecule has 0 amide bonds. The van der Waals surface area contributed by atoms with Gasteiger partial charge in [0, 0.05) is 29.4 Å². The van der Waals surface area contributed by atoms with Gasteiger partial charge in [-0.3, -0.25) is 0 Å². The van der Waals surface area contributed by atoms with Crippen LogP contribution in [0.4, 0.5) is 5.69 Å². The van der Waals surface area contributed by atoms with Crippen molar-refractivity contribution in [3.63, 3.8) is 0 Å². The zero-order chi connectivity index (χ0) is 12.8. The van der Waals surface area contributed by atoms with Crippen molar-refractivity contribution in [3.8, 4) is 5.75 Å². The van der Waals surface area contributed by atoms with E-state index in [1.807, 2.05) is 12.1 Å². The standard InChI is InChI=1S/C14H20BrNO2/c1-17-14-9-11(15)8-12(10-14)16-6-2-4-13-5-3-7-18-13/h8-10,13,16H,2-7H2,1H3. The molecule has 0 aliphatic carbocycles. The van der Waals surface area contributed by atoms with Gasteiger partial charge in [-0.15, -0.1) is 0 Å². The fraction of sp³-hybridized carbons (Fsp3) is 0.571. The Morgan fingerprint density at radius 2 is 2.33 bits per heavy atom. The average Bonchev–Trinajstić information content (AvgIpc) is 2.87. The molecule has 18 heavy (non-hydrogen) atoms. The SMILES string of the molecule is COc1cc(Br)cc(NCCCC2CCCO2)c1. The van der Waals surface area contributed by atoms with Crippen LogP contribution in [0, 0.1) is 0 Å². The van der Waals surface area contributed by atoms with Gasteiger partial charge >= 0.3 is 0 Å². The highest BCUT2D eigenvalue weighted by molar-refractivity contribution is 9.10. The van der Waals surface area contributed by atoms with Crippen LogP contribution in [0.1, 0.15) is 25.7 Å². The Morgan fingerprint density at radius 3 is 3.06 bits per heavy atom. The second-order valence-corrected chi connectivity index (χ2v) is 5.50. The van der Waals surface area contributed by atoms with E-state index in [-0.39, 0.29) is 0 Å². The van der Waals surface area contributed by atoms with Gasteiger partial charge in [0.1, 0.15) is 5.75 Å². The molecule has 100 valence electrons. The van der Waals surface area contributed by atoms with E-state index in [1.54, 1.807) is 7.11 Å². The second-order valence-electron chi connectivity index (χ2n) is 4.58. The molecule has 0 bridgehead atoms. The summed E-state index contributed by atoms with van der Waals surface area (Å²) in [6, 6.07) is 6.03. The Bertz CT molecular complexity index is 378. The number of halogens is 1. The molecule has 1 saturated heterocycles. The largest absolute Gasteiger partial charge is 0.497 e. The summed E-state index contributed by atoms with van der Waals surface area (Å²) < 4.78 is 11.9. The maximum Gasteiger partial charge on any atom is 0.122 e. The third-order valence-electron chi connectivity index (χ3n) is 3.16. The van der Waals surface area contributed by atoms with Crippen LogP contribution in [0.3, 0.4) is 0 Å². The van der Waals surface area contributed by atoms with Crippen LogP contribution >= 0.6 is 15.9 Å². The zero-order valence-electron chi connectivity index (χ0n) is 10.7. The molecule has 0 saturated carbocycles. The highest BCUT2D eigenvalue weighted by Gasteiger charge is 2.14. The maximum atomic E-state index is 5.61. The van der Waals surface area contributed by atoms with Gasteiger partial charge in [-0.05, 0) is 37.8 Å². The number of rotatable bonds is 6. The summed E-state index contributed by atoms with van der Waals surface area (Å²) in [7, 11) is 1.68. The first-order valence-corrected chi connectivity index (χ1v) is 7.27. The highest BCUT2D eigenvalue weighted by Crippen LogP contribution is 2.24. The number of anilines is 1. The molecule has 3 nitrogen and oxygen atoms in total. The van der Waals surface area contributed by atoms with Gasteiger partial charge in [-0.1, -0.05) is 15.9 Å². The Kier molecular flexibility index (Phi) is 5.32.